The van der Waals surface area contributed by atoms with Gasteiger partial charge in [-0.2, -0.15) is 0 Å². The van der Waals surface area contributed by atoms with Gasteiger partial charge in [0.2, 0.25) is 0 Å². The van der Waals surface area contributed by atoms with Crippen LogP contribution in [0.15, 0.2) is 53.4 Å². The minimum Gasteiger partial charge on any atom is -0.483 e. The molecule has 9 nitrogen and oxygen atoms in total. The van der Waals surface area contributed by atoms with Crippen LogP contribution in [-0.2, 0) is 16.1 Å². The van der Waals surface area contributed by atoms with Gasteiger partial charge in [0, 0.05) is 17.7 Å². The number of primary amides is 1. The zero-order valence-electron chi connectivity index (χ0n) is 14.9. The third kappa shape index (κ3) is 4.79. The van der Waals surface area contributed by atoms with E-state index in [0.29, 0.717) is 16.9 Å². The van der Waals surface area contributed by atoms with Crippen molar-refractivity contribution in [2.24, 2.45) is 5.73 Å². The Morgan fingerprint density at radius 2 is 1.86 bits per heavy atom. The fourth-order valence-corrected chi connectivity index (χ4v) is 3.39. The van der Waals surface area contributed by atoms with Crippen molar-refractivity contribution >= 4 is 40.6 Å². The van der Waals surface area contributed by atoms with Crippen LogP contribution in [0.5, 0.6) is 5.75 Å². The first kappa shape index (κ1) is 20.1. The molecule has 1 fully saturated rings. The maximum Gasteiger partial charge on any atom is 0.293 e. The Morgan fingerprint density at radius 3 is 2.52 bits per heavy atom. The van der Waals surface area contributed by atoms with E-state index in [9.17, 15) is 24.5 Å². The highest BCUT2D eigenvalue weighted by Gasteiger charge is 2.35. The molecule has 0 bridgehead atoms. The predicted octanol–water partition coefficient (Wildman–Crippen LogP) is 2.70. The molecule has 3 amide bonds. The monoisotopic (exact) mass is 413 g/mol. The van der Waals surface area contributed by atoms with Gasteiger partial charge in [0.25, 0.3) is 22.7 Å². The highest BCUT2D eigenvalue weighted by atomic mass is 32.2. The molecule has 0 spiro atoms. The summed E-state index contributed by atoms with van der Waals surface area (Å²) in [5, 5.41) is 10.3. The molecule has 1 aliphatic rings. The van der Waals surface area contributed by atoms with Crippen LogP contribution in [0.2, 0.25) is 0 Å². The number of thioether (sulfide) groups is 1. The van der Waals surface area contributed by atoms with Crippen LogP contribution >= 0.6 is 11.8 Å². The Hall–Kier alpha value is -3.66. The number of carbonyl (C=O) groups excluding carboxylic acids is 3. The van der Waals surface area contributed by atoms with E-state index in [1.807, 2.05) is 0 Å². The smallest absolute Gasteiger partial charge is 0.293 e. The number of nitrogens with two attached hydrogens (primary N) is 1. The molecule has 29 heavy (non-hydrogen) atoms. The third-order valence-electron chi connectivity index (χ3n) is 3.94. The number of amides is 3. The van der Waals surface area contributed by atoms with E-state index in [1.54, 1.807) is 24.3 Å². The van der Waals surface area contributed by atoms with Crippen molar-refractivity contribution in [3.05, 3.63) is 74.7 Å². The van der Waals surface area contributed by atoms with Gasteiger partial charge >= 0.3 is 0 Å². The minimum atomic E-state index is -0.636. The highest BCUT2D eigenvalue weighted by Crippen LogP contribution is 2.35. The lowest BCUT2D eigenvalue weighted by Crippen LogP contribution is -2.27. The van der Waals surface area contributed by atoms with Gasteiger partial charge < -0.3 is 10.5 Å². The van der Waals surface area contributed by atoms with Crippen molar-refractivity contribution in [2.45, 2.75) is 6.54 Å². The van der Waals surface area contributed by atoms with E-state index in [-0.39, 0.29) is 23.7 Å². The molecule has 0 atom stereocenters. The molecule has 1 heterocycles. The molecule has 3 rings (SSSR count). The summed E-state index contributed by atoms with van der Waals surface area (Å²) < 4.78 is 5.33. The summed E-state index contributed by atoms with van der Waals surface area (Å²) in [4.78, 5) is 47.4. The Labute approximate surface area is 169 Å². The van der Waals surface area contributed by atoms with E-state index in [2.05, 4.69) is 0 Å². The molecule has 0 unspecified atom stereocenters. The zero-order chi connectivity index (χ0) is 21.0. The molecule has 148 valence electrons. The molecule has 0 radical (unpaired) electrons. The Morgan fingerprint density at radius 1 is 1.17 bits per heavy atom. The van der Waals surface area contributed by atoms with Crippen molar-refractivity contribution in [2.75, 3.05) is 6.61 Å². The van der Waals surface area contributed by atoms with Gasteiger partial charge in [0.1, 0.15) is 5.75 Å². The van der Waals surface area contributed by atoms with E-state index in [4.69, 9.17) is 10.5 Å². The third-order valence-corrected chi connectivity index (χ3v) is 4.84. The van der Waals surface area contributed by atoms with Gasteiger partial charge in [-0.1, -0.05) is 30.3 Å². The van der Waals surface area contributed by atoms with Crippen LogP contribution in [0.3, 0.4) is 0 Å². The first-order valence-corrected chi connectivity index (χ1v) is 9.15. The quantitative estimate of drug-likeness (QED) is 0.419. The number of nitro benzene ring substituents is 1. The topological polar surface area (TPSA) is 133 Å². The lowest BCUT2D eigenvalue weighted by atomic mass is 10.1. The number of hydrogen-bond acceptors (Lipinski definition) is 7. The van der Waals surface area contributed by atoms with Crippen molar-refractivity contribution in [1.82, 2.24) is 4.90 Å². The summed E-state index contributed by atoms with van der Waals surface area (Å²) in [6.45, 7) is -0.313. The molecule has 2 aromatic carbocycles. The van der Waals surface area contributed by atoms with Gasteiger partial charge in [0.15, 0.2) is 6.61 Å². The Bertz CT molecular complexity index is 1020. The first-order valence-electron chi connectivity index (χ1n) is 8.34. The number of carbonyl (C=O) groups is 3. The van der Waals surface area contributed by atoms with Gasteiger partial charge in [-0.25, -0.2) is 0 Å². The van der Waals surface area contributed by atoms with E-state index < -0.39 is 22.0 Å². The number of nitro groups is 1. The maximum absolute atomic E-state index is 12.7. The molecule has 10 heteroatoms. The summed E-state index contributed by atoms with van der Waals surface area (Å²) in [5.74, 6) is -0.764. The van der Waals surface area contributed by atoms with E-state index >= 15 is 0 Å². The second-order valence-electron chi connectivity index (χ2n) is 5.98. The number of imide groups is 1. The number of non-ortho nitro benzene ring substituents is 1. The summed E-state index contributed by atoms with van der Waals surface area (Å²) in [7, 11) is 0. The number of ether oxygens (including phenoxy) is 1. The van der Waals surface area contributed by atoms with Crippen molar-refractivity contribution < 1.29 is 24.0 Å². The molecular weight excluding hydrogens is 398 g/mol. The van der Waals surface area contributed by atoms with Crippen molar-refractivity contribution in [1.29, 1.82) is 0 Å². The normalized spacial score (nSPS) is 15.0. The highest BCUT2D eigenvalue weighted by molar-refractivity contribution is 8.18. The SMILES string of the molecule is NC(=O)COc1ccccc1/C=C1\SC(=O)N(Cc2ccc([N+](=O)[O-])cc2)C1=O. The van der Waals surface area contributed by atoms with Crippen LogP contribution in [-0.4, -0.2) is 33.5 Å². The Kier molecular flexibility index (Phi) is 5.93. The summed E-state index contributed by atoms with van der Waals surface area (Å²) in [6, 6.07) is 12.4. The lowest BCUT2D eigenvalue weighted by Gasteiger charge is -2.12. The molecule has 0 saturated carbocycles. The number of rotatable bonds is 7. The molecule has 1 aliphatic heterocycles. The van der Waals surface area contributed by atoms with Crippen LogP contribution in [0.1, 0.15) is 11.1 Å². The van der Waals surface area contributed by atoms with Gasteiger partial charge in [0.05, 0.1) is 16.4 Å². The number of nitrogens with zero attached hydrogens (tertiary/aromatic N) is 2. The fraction of sp³-hybridized carbons (Fsp3) is 0.105. The largest absolute Gasteiger partial charge is 0.483 e. The second kappa shape index (κ2) is 8.57. The van der Waals surface area contributed by atoms with Crippen LogP contribution in [0, 0.1) is 10.1 Å². The second-order valence-corrected chi connectivity index (χ2v) is 6.98. The number of benzene rings is 2. The zero-order valence-corrected chi connectivity index (χ0v) is 15.8. The Balaban J connectivity index is 1.78. The summed E-state index contributed by atoms with van der Waals surface area (Å²) >= 11 is 0.780. The van der Waals surface area contributed by atoms with Crippen LogP contribution < -0.4 is 10.5 Å². The predicted molar refractivity (Wildman–Crippen MR) is 106 cm³/mol. The molecule has 2 aromatic rings. The summed E-state index contributed by atoms with van der Waals surface area (Å²) in [6.07, 6.45) is 1.51. The lowest BCUT2D eigenvalue weighted by molar-refractivity contribution is -0.384. The van der Waals surface area contributed by atoms with Gasteiger partial charge in [-0.3, -0.25) is 29.4 Å². The standard InChI is InChI=1S/C19H15N3O6S/c20-17(23)11-28-15-4-2-1-3-13(15)9-16-18(24)21(19(25)29-16)10-12-5-7-14(8-6-12)22(26)27/h1-9H,10-11H2,(H2,20,23)/b16-9-. The minimum absolute atomic E-state index is 0.000175. The summed E-state index contributed by atoms with van der Waals surface area (Å²) in [5.41, 5.74) is 6.12. The van der Waals surface area contributed by atoms with Gasteiger partial charge in [-0.15, -0.1) is 0 Å². The molecule has 0 aliphatic carbocycles. The van der Waals surface area contributed by atoms with Crippen molar-refractivity contribution in [3.8, 4) is 5.75 Å². The van der Waals surface area contributed by atoms with E-state index in [0.717, 1.165) is 16.7 Å². The van der Waals surface area contributed by atoms with Crippen LogP contribution in [0.25, 0.3) is 6.08 Å². The van der Waals surface area contributed by atoms with E-state index in [1.165, 1.54) is 30.3 Å². The molecular formula is C19H15N3O6S. The maximum atomic E-state index is 12.7. The van der Waals surface area contributed by atoms with Crippen molar-refractivity contribution in [3.63, 3.8) is 0 Å². The molecule has 2 N–H and O–H groups in total. The average Bonchev–Trinajstić information content (AvgIpc) is 2.95. The molecule has 1 saturated heterocycles. The van der Waals surface area contributed by atoms with Crippen LogP contribution in [0.4, 0.5) is 10.5 Å². The average molecular weight is 413 g/mol. The molecule has 0 aromatic heterocycles. The number of para-hydroxylation sites is 1. The fourth-order valence-electron chi connectivity index (χ4n) is 2.56. The first-order chi connectivity index (χ1) is 13.8. The van der Waals surface area contributed by atoms with Gasteiger partial charge in [-0.05, 0) is 29.5 Å². The number of hydrogen-bond donors (Lipinski definition) is 1.